The van der Waals surface area contributed by atoms with Gasteiger partial charge < -0.3 is 15.0 Å². The number of carbonyl (C=O) groups excluding carboxylic acids is 2. The Balaban J connectivity index is 2.06. The lowest BCUT2D eigenvalue weighted by Gasteiger charge is -2.19. The highest BCUT2D eigenvalue weighted by atomic mass is 19.2. The van der Waals surface area contributed by atoms with Crippen LogP contribution in [0.15, 0.2) is 18.2 Å². The number of halogens is 3. The summed E-state index contributed by atoms with van der Waals surface area (Å²) in [5.41, 5.74) is -2.62. The molecular weight excluding hydrogens is 289 g/mol. The Morgan fingerprint density at radius 1 is 1.38 bits per heavy atom. The molecule has 2 rings (SSSR count). The van der Waals surface area contributed by atoms with E-state index < -0.39 is 35.8 Å². The van der Waals surface area contributed by atoms with Gasteiger partial charge in [-0.15, -0.1) is 0 Å². The lowest BCUT2D eigenvalue weighted by Crippen LogP contribution is -2.41. The topological polar surface area (TPSA) is 58.6 Å². The van der Waals surface area contributed by atoms with Crippen molar-refractivity contribution >= 4 is 17.7 Å². The standard InChI is InChI=1S/C13H13F3N2O3/c1-21-11(19)13(16)5-6-18(7-13)12(20)17-9-4-2-3-8(14)10(9)15/h2-4H,5-7H2,1H3,(H,17,20)/t13-/m1/s1. The van der Waals surface area contributed by atoms with Crippen LogP contribution in [-0.2, 0) is 9.53 Å². The number of amides is 2. The second kappa shape index (κ2) is 5.63. The van der Waals surface area contributed by atoms with Crippen LogP contribution in [0.1, 0.15) is 6.42 Å². The quantitative estimate of drug-likeness (QED) is 0.851. The first kappa shape index (κ1) is 15.1. The van der Waals surface area contributed by atoms with Gasteiger partial charge in [0.15, 0.2) is 11.6 Å². The average molecular weight is 302 g/mol. The number of ether oxygens (including phenoxy) is 1. The highest BCUT2D eigenvalue weighted by molar-refractivity contribution is 5.91. The van der Waals surface area contributed by atoms with Crippen LogP contribution in [-0.4, -0.2) is 42.8 Å². The predicted octanol–water partition coefficient (Wildman–Crippen LogP) is 2.08. The molecule has 1 heterocycles. The fourth-order valence-electron chi connectivity index (χ4n) is 2.09. The van der Waals surface area contributed by atoms with Crippen LogP contribution in [0.5, 0.6) is 0 Å². The summed E-state index contributed by atoms with van der Waals surface area (Å²) in [6.45, 7) is -0.531. The largest absolute Gasteiger partial charge is 0.467 e. The molecule has 1 aromatic carbocycles. The van der Waals surface area contributed by atoms with E-state index in [1.54, 1.807) is 0 Å². The van der Waals surface area contributed by atoms with Crippen molar-refractivity contribution < 1.29 is 27.5 Å². The lowest BCUT2D eigenvalue weighted by atomic mass is 10.1. The van der Waals surface area contributed by atoms with Gasteiger partial charge in [-0.1, -0.05) is 6.07 Å². The Hall–Kier alpha value is -2.25. The van der Waals surface area contributed by atoms with Crippen molar-refractivity contribution in [2.75, 3.05) is 25.5 Å². The number of alkyl halides is 1. The maximum Gasteiger partial charge on any atom is 0.345 e. The van der Waals surface area contributed by atoms with Crippen molar-refractivity contribution in [3.8, 4) is 0 Å². The molecule has 21 heavy (non-hydrogen) atoms. The van der Waals surface area contributed by atoms with Crippen LogP contribution in [0, 0.1) is 11.6 Å². The Morgan fingerprint density at radius 3 is 2.76 bits per heavy atom. The van der Waals surface area contributed by atoms with Gasteiger partial charge in [0.25, 0.3) is 0 Å². The van der Waals surface area contributed by atoms with Gasteiger partial charge >= 0.3 is 12.0 Å². The summed E-state index contributed by atoms with van der Waals surface area (Å²) in [5.74, 6) is -3.37. The fraction of sp³-hybridized carbons (Fsp3) is 0.385. The molecule has 1 saturated heterocycles. The predicted molar refractivity (Wildman–Crippen MR) is 67.4 cm³/mol. The number of likely N-dealkylation sites (tertiary alicyclic amines) is 1. The van der Waals surface area contributed by atoms with E-state index in [4.69, 9.17) is 0 Å². The fourth-order valence-corrected chi connectivity index (χ4v) is 2.09. The van der Waals surface area contributed by atoms with E-state index in [-0.39, 0.29) is 18.7 Å². The van der Waals surface area contributed by atoms with Gasteiger partial charge in [0.2, 0.25) is 5.67 Å². The molecule has 0 spiro atoms. The van der Waals surface area contributed by atoms with Gasteiger partial charge in [0.1, 0.15) is 0 Å². The van der Waals surface area contributed by atoms with E-state index in [1.165, 1.54) is 12.1 Å². The van der Waals surface area contributed by atoms with Crippen molar-refractivity contribution in [2.24, 2.45) is 0 Å². The molecule has 114 valence electrons. The van der Waals surface area contributed by atoms with Crippen LogP contribution in [0.25, 0.3) is 0 Å². The number of esters is 1. The van der Waals surface area contributed by atoms with Crippen LogP contribution in [0.4, 0.5) is 23.7 Å². The SMILES string of the molecule is COC(=O)[C@@]1(F)CCN(C(=O)Nc2cccc(F)c2F)C1. The Bertz CT molecular complexity index is 582. The highest BCUT2D eigenvalue weighted by Gasteiger charge is 2.47. The zero-order valence-corrected chi connectivity index (χ0v) is 11.2. The minimum Gasteiger partial charge on any atom is -0.467 e. The second-order valence-electron chi connectivity index (χ2n) is 4.66. The van der Waals surface area contributed by atoms with Crippen molar-refractivity contribution in [1.29, 1.82) is 0 Å². The van der Waals surface area contributed by atoms with Gasteiger partial charge in [-0.25, -0.2) is 22.8 Å². The Morgan fingerprint density at radius 2 is 2.10 bits per heavy atom. The van der Waals surface area contributed by atoms with E-state index in [9.17, 15) is 22.8 Å². The molecule has 1 aromatic rings. The molecule has 1 N–H and O–H groups in total. The summed E-state index contributed by atoms with van der Waals surface area (Å²) in [6, 6.07) is 2.49. The number of nitrogens with zero attached hydrogens (tertiary/aromatic N) is 1. The van der Waals surface area contributed by atoms with E-state index in [1.807, 2.05) is 0 Å². The van der Waals surface area contributed by atoms with E-state index >= 15 is 0 Å². The second-order valence-corrected chi connectivity index (χ2v) is 4.66. The summed E-state index contributed by atoms with van der Waals surface area (Å²) in [4.78, 5) is 24.2. The zero-order chi connectivity index (χ0) is 15.6. The molecule has 0 bridgehead atoms. The molecule has 2 amide bonds. The van der Waals surface area contributed by atoms with Gasteiger partial charge in [-0.2, -0.15) is 0 Å². The summed E-state index contributed by atoms with van der Waals surface area (Å²) in [7, 11) is 1.05. The van der Waals surface area contributed by atoms with E-state index in [0.29, 0.717) is 0 Å². The van der Waals surface area contributed by atoms with E-state index in [0.717, 1.165) is 18.1 Å². The summed E-state index contributed by atoms with van der Waals surface area (Å²) < 4.78 is 45.0. The molecule has 0 aliphatic carbocycles. The highest BCUT2D eigenvalue weighted by Crippen LogP contribution is 2.27. The first-order chi connectivity index (χ1) is 9.87. The van der Waals surface area contributed by atoms with Crippen LogP contribution < -0.4 is 5.32 Å². The van der Waals surface area contributed by atoms with Crippen molar-refractivity contribution in [3.05, 3.63) is 29.8 Å². The van der Waals surface area contributed by atoms with Gasteiger partial charge in [-0.05, 0) is 12.1 Å². The first-order valence-corrected chi connectivity index (χ1v) is 6.14. The third-order valence-corrected chi connectivity index (χ3v) is 3.25. The number of hydrogen-bond acceptors (Lipinski definition) is 3. The molecular formula is C13H13F3N2O3. The summed E-state index contributed by atoms with van der Waals surface area (Å²) >= 11 is 0. The molecule has 1 aliphatic heterocycles. The molecule has 0 unspecified atom stereocenters. The average Bonchev–Trinajstić information content (AvgIpc) is 2.87. The minimum absolute atomic E-state index is 0.0334. The molecule has 5 nitrogen and oxygen atoms in total. The van der Waals surface area contributed by atoms with Gasteiger partial charge in [0.05, 0.1) is 19.3 Å². The summed E-state index contributed by atoms with van der Waals surface area (Å²) in [6.07, 6.45) is -0.210. The van der Waals surface area contributed by atoms with Crippen molar-refractivity contribution in [1.82, 2.24) is 4.90 Å². The van der Waals surface area contributed by atoms with E-state index in [2.05, 4.69) is 10.1 Å². The van der Waals surface area contributed by atoms with Gasteiger partial charge in [0, 0.05) is 13.0 Å². The summed E-state index contributed by atoms with van der Waals surface area (Å²) in [5, 5.41) is 2.14. The lowest BCUT2D eigenvalue weighted by molar-refractivity contribution is -0.153. The molecule has 1 aliphatic rings. The molecule has 0 saturated carbocycles. The smallest absolute Gasteiger partial charge is 0.345 e. The van der Waals surface area contributed by atoms with Crippen molar-refractivity contribution in [2.45, 2.75) is 12.1 Å². The zero-order valence-electron chi connectivity index (χ0n) is 11.2. The van der Waals surface area contributed by atoms with Crippen LogP contribution in [0.2, 0.25) is 0 Å². The maximum atomic E-state index is 14.2. The number of anilines is 1. The van der Waals surface area contributed by atoms with Crippen LogP contribution >= 0.6 is 0 Å². The number of carbonyl (C=O) groups is 2. The first-order valence-electron chi connectivity index (χ1n) is 6.14. The van der Waals surface area contributed by atoms with Crippen LogP contribution in [0.3, 0.4) is 0 Å². The number of rotatable bonds is 2. The number of benzene rings is 1. The number of methoxy groups -OCH3 is 1. The van der Waals surface area contributed by atoms with Gasteiger partial charge in [-0.3, -0.25) is 0 Å². The van der Waals surface area contributed by atoms with Crippen molar-refractivity contribution in [3.63, 3.8) is 0 Å². The molecule has 8 heteroatoms. The number of nitrogens with one attached hydrogen (secondary N) is 1. The Kier molecular flexibility index (Phi) is 4.06. The molecule has 0 aromatic heterocycles. The maximum absolute atomic E-state index is 14.2. The Labute approximate surface area is 118 Å². The third-order valence-electron chi connectivity index (χ3n) is 3.25. The molecule has 1 atom stereocenters. The normalized spacial score (nSPS) is 21.2. The number of urea groups is 1. The third kappa shape index (κ3) is 2.93. The molecule has 1 fully saturated rings. The monoisotopic (exact) mass is 302 g/mol. The minimum atomic E-state index is -2.27. The molecule has 0 radical (unpaired) electrons. The number of hydrogen-bond donors (Lipinski definition) is 1.